The molecular formula is C17H23N3O7S. The predicted octanol–water partition coefficient (Wildman–Crippen LogP) is 1.01. The molecule has 2 aliphatic rings. The van der Waals surface area contributed by atoms with Gasteiger partial charge in [-0.05, 0) is 31.9 Å². The number of nitro benzene ring substituents is 1. The summed E-state index contributed by atoms with van der Waals surface area (Å²) in [6.45, 7) is 4.04. The summed E-state index contributed by atoms with van der Waals surface area (Å²) in [5.74, 6) is -0.439. The number of carbonyl (C=O) groups excluding carboxylic acids is 1. The molecule has 0 bridgehead atoms. The lowest BCUT2D eigenvalue weighted by molar-refractivity contribution is -0.386. The van der Waals surface area contributed by atoms with Crippen LogP contribution in [0.1, 0.15) is 19.8 Å². The SMILES string of the molecule is C[C@H](Oc1ccc(S(=O)(=O)N2CCCC2)cc1[N+](=O)[O-])C(=O)N1CCOCC1. The first kappa shape index (κ1) is 20.5. The van der Waals surface area contributed by atoms with Crippen molar-refractivity contribution in [3.8, 4) is 5.75 Å². The molecule has 3 rings (SSSR count). The molecule has 2 heterocycles. The van der Waals surface area contributed by atoms with E-state index in [1.54, 1.807) is 4.90 Å². The summed E-state index contributed by atoms with van der Waals surface area (Å²) in [7, 11) is -3.79. The van der Waals surface area contributed by atoms with Gasteiger partial charge in [0.15, 0.2) is 11.9 Å². The molecule has 1 aromatic rings. The third-order valence-electron chi connectivity index (χ3n) is 4.80. The van der Waals surface area contributed by atoms with Crippen molar-refractivity contribution in [2.24, 2.45) is 0 Å². The lowest BCUT2D eigenvalue weighted by Gasteiger charge is -2.29. The smallest absolute Gasteiger partial charge is 0.312 e. The van der Waals surface area contributed by atoms with Crippen LogP contribution < -0.4 is 4.74 Å². The highest BCUT2D eigenvalue weighted by molar-refractivity contribution is 7.89. The molecule has 28 heavy (non-hydrogen) atoms. The van der Waals surface area contributed by atoms with Crippen molar-refractivity contribution < 1.29 is 27.6 Å². The minimum absolute atomic E-state index is 0.139. The zero-order chi connectivity index (χ0) is 20.3. The first-order valence-corrected chi connectivity index (χ1v) is 10.6. The van der Waals surface area contributed by atoms with Crippen LogP contribution in [0, 0.1) is 10.1 Å². The number of rotatable bonds is 6. The van der Waals surface area contributed by atoms with Gasteiger partial charge in [-0.1, -0.05) is 0 Å². The van der Waals surface area contributed by atoms with Gasteiger partial charge in [0.2, 0.25) is 10.0 Å². The van der Waals surface area contributed by atoms with Gasteiger partial charge in [-0.2, -0.15) is 4.31 Å². The molecule has 154 valence electrons. The molecule has 1 amide bonds. The van der Waals surface area contributed by atoms with Gasteiger partial charge < -0.3 is 14.4 Å². The summed E-state index contributed by atoms with van der Waals surface area (Å²) in [5.41, 5.74) is -0.484. The third kappa shape index (κ3) is 4.26. The maximum atomic E-state index is 12.6. The van der Waals surface area contributed by atoms with E-state index in [0.717, 1.165) is 18.9 Å². The molecule has 2 saturated heterocycles. The predicted molar refractivity (Wildman–Crippen MR) is 98.6 cm³/mol. The highest BCUT2D eigenvalue weighted by Gasteiger charge is 2.31. The van der Waals surface area contributed by atoms with E-state index >= 15 is 0 Å². The second-order valence-electron chi connectivity index (χ2n) is 6.70. The number of ether oxygens (including phenoxy) is 2. The number of hydrogen-bond acceptors (Lipinski definition) is 7. The Morgan fingerprint density at radius 3 is 2.46 bits per heavy atom. The molecule has 0 radical (unpaired) electrons. The molecule has 1 aromatic carbocycles. The van der Waals surface area contributed by atoms with Crippen molar-refractivity contribution in [1.82, 2.24) is 9.21 Å². The zero-order valence-corrected chi connectivity index (χ0v) is 16.4. The zero-order valence-electron chi connectivity index (χ0n) is 15.6. The Morgan fingerprint density at radius 2 is 1.86 bits per heavy atom. The number of benzene rings is 1. The van der Waals surface area contributed by atoms with Crippen molar-refractivity contribution in [2.75, 3.05) is 39.4 Å². The molecule has 0 N–H and O–H groups in total. The minimum Gasteiger partial charge on any atom is -0.474 e. The fourth-order valence-electron chi connectivity index (χ4n) is 3.26. The normalized spacial score (nSPS) is 19.4. The Labute approximate surface area is 163 Å². The van der Waals surface area contributed by atoms with E-state index in [1.165, 1.54) is 23.4 Å². The van der Waals surface area contributed by atoms with E-state index in [4.69, 9.17) is 9.47 Å². The van der Waals surface area contributed by atoms with Gasteiger partial charge in [-0.15, -0.1) is 0 Å². The second kappa shape index (κ2) is 8.41. The lowest BCUT2D eigenvalue weighted by atomic mass is 10.2. The Morgan fingerprint density at radius 1 is 1.21 bits per heavy atom. The average molecular weight is 413 g/mol. The van der Waals surface area contributed by atoms with E-state index in [9.17, 15) is 23.3 Å². The molecule has 1 atom stereocenters. The number of morpholine rings is 1. The fourth-order valence-corrected chi connectivity index (χ4v) is 4.80. The number of sulfonamides is 1. The Hall–Kier alpha value is -2.24. The largest absolute Gasteiger partial charge is 0.474 e. The van der Waals surface area contributed by atoms with E-state index in [2.05, 4.69) is 0 Å². The maximum absolute atomic E-state index is 12.6. The molecule has 10 nitrogen and oxygen atoms in total. The monoisotopic (exact) mass is 413 g/mol. The molecule has 0 saturated carbocycles. The van der Waals surface area contributed by atoms with Gasteiger partial charge >= 0.3 is 5.69 Å². The van der Waals surface area contributed by atoms with Crippen molar-refractivity contribution in [1.29, 1.82) is 0 Å². The topological polar surface area (TPSA) is 119 Å². The van der Waals surface area contributed by atoms with E-state index in [-0.39, 0.29) is 16.6 Å². The number of amides is 1. The van der Waals surface area contributed by atoms with Gasteiger partial charge in [0.25, 0.3) is 5.91 Å². The molecular weight excluding hydrogens is 390 g/mol. The van der Waals surface area contributed by atoms with E-state index in [0.29, 0.717) is 39.4 Å². The van der Waals surface area contributed by atoms with Crippen molar-refractivity contribution in [3.05, 3.63) is 28.3 Å². The van der Waals surface area contributed by atoms with Crippen molar-refractivity contribution >= 4 is 21.6 Å². The van der Waals surface area contributed by atoms with Gasteiger partial charge in [-0.3, -0.25) is 14.9 Å². The van der Waals surface area contributed by atoms with Crippen LogP contribution in [0.2, 0.25) is 0 Å². The van der Waals surface area contributed by atoms with Crippen LogP contribution in [0.25, 0.3) is 0 Å². The number of nitrogens with zero attached hydrogens (tertiary/aromatic N) is 3. The Bertz CT molecular complexity index is 846. The Balaban J connectivity index is 1.81. The summed E-state index contributed by atoms with van der Waals surface area (Å²) in [4.78, 5) is 24.7. The van der Waals surface area contributed by atoms with Crippen molar-refractivity contribution in [2.45, 2.75) is 30.8 Å². The van der Waals surface area contributed by atoms with Crippen LogP contribution in [-0.2, 0) is 19.6 Å². The highest BCUT2D eigenvalue weighted by atomic mass is 32.2. The van der Waals surface area contributed by atoms with Crippen LogP contribution in [0.15, 0.2) is 23.1 Å². The molecule has 2 aliphatic heterocycles. The quantitative estimate of drug-likeness (QED) is 0.504. The van der Waals surface area contributed by atoms with Gasteiger partial charge in [0, 0.05) is 32.2 Å². The number of carbonyl (C=O) groups is 1. The van der Waals surface area contributed by atoms with E-state index < -0.39 is 26.7 Å². The maximum Gasteiger partial charge on any atom is 0.312 e. The summed E-state index contributed by atoms with van der Waals surface area (Å²) in [6.07, 6.45) is 0.589. The van der Waals surface area contributed by atoms with Gasteiger partial charge in [-0.25, -0.2) is 8.42 Å². The first-order valence-electron chi connectivity index (χ1n) is 9.12. The lowest BCUT2D eigenvalue weighted by Crippen LogP contribution is -2.46. The Kier molecular flexibility index (Phi) is 6.16. The molecule has 11 heteroatoms. The molecule has 0 aliphatic carbocycles. The van der Waals surface area contributed by atoms with Crippen LogP contribution in [0.5, 0.6) is 5.75 Å². The summed E-state index contributed by atoms with van der Waals surface area (Å²) in [6, 6.07) is 3.51. The number of hydrogen-bond donors (Lipinski definition) is 0. The van der Waals surface area contributed by atoms with Gasteiger partial charge in [0.1, 0.15) is 0 Å². The molecule has 0 unspecified atom stereocenters. The number of nitro groups is 1. The van der Waals surface area contributed by atoms with Crippen LogP contribution in [0.3, 0.4) is 0 Å². The standard InChI is InChI=1S/C17H23N3O7S/c1-13(17(21)18-8-10-26-11-9-18)27-16-5-4-14(12-15(16)20(22)23)28(24,25)19-6-2-3-7-19/h4-5,12-13H,2-3,6-11H2,1H3/t13-/m0/s1. The fraction of sp³-hybridized carbons (Fsp3) is 0.588. The molecule has 0 spiro atoms. The van der Waals surface area contributed by atoms with Crippen LogP contribution in [-0.4, -0.2) is 74.0 Å². The molecule has 2 fully saturated rings. The molecule has 0 aromatic heterocycles. The van der Waals surface area contributed by atoms with Crippen molar-refractivity contribution in [3.63, 3.8) is 0 Å². The summed E-state index contributed by atoms with van der Waals surface area (Å²) >= 11 is 0. The summed E-state index contributed by atoms with van der Waals surface area (Å²) in [5, 5.41) is 11.5. The highest BCUT2D eigenvalue weighted by Crippen LogP contribution is 2.32. The van der Waals surface area contributed by atoms with Crippen LogP contribution in [0.4, 0.5) is 5.69 Å². The van der Waals surface area contributed by atoms with Gasteiger partial charge in [0.05, 0.1) is 23.0 Å². The van der Waals surface area contributed by atoms with Crippen LogP contribution >= 0.6 is 0 Å². The summed E-state index contributed by atoms with van der Waals surface area (Å²) < 4.78 is 37.3. The third-order valence-corrected chi connectivity index (χ3v) is 6.70. The minimum atomic E-state index is -3.79. The van der Waals surface area contributed by atoms with E-state index in [1.807, 2.05) is 0 Å². The second-order valence-corrected chi connectivity index (χ2v) is 8.63. The first-order chi connectivity index (χ1) is 13.3. The average Bonchev–Trinajstić information content (AvgIpc) is 3.23.